The number of carbonyl (C=O) groups excluding carboxylic acids is 1. The zero-order valence-electron chi connectivity index (χ0n) is 15.5. The van der Waals surface area contributed by atoms with E-state index in [-0.39, 0.29) is 29.9 Å². The Morgan fingerprint density at radius 3 is 2.72 bits per heavy atom. The van der Waals surface area contributed by atoms with Crippen LogP contribution in [0.5, 0.6) is 0 Å². The van der Waals surface area contributed by atoms with Crippen molar-refractivity contribution in [2.45, 2.75) is 64.4 Å². The summed E-state index contributed by atoms with van der Waals surface area (Å²) in [6.07, 6.45) is 9.17. The summed E-state index contributed by atoms with van der Waals surface area (Å²) in [4.78, 5) is 18.2. The SMILES string of the molecule is CCNC(=NCCCOC1CCCC1)N1CCCC(CC(N)=O)C1.I. The summed E-state index contributed by atoms with van der Waals surface area (Å²) in [5.41, 5.74) is 5.35. The molecule has 0 radical (unpaired) electrons. The van der Waals surface area contributed by atoms with Gasteiger partial charge in [0, 0.05) is 39.2 Å². The highest BCUT2D eigenvalue weighted by atomic mass is 127. The molecule has 146 valence electrons. The number of nitrogens with one attached hydrogen (secondary N) is 1. The maximum Gasteiger partial charge on any atom is 0.217 e. The molecule has 3 N–H and O–H groups in total. The lowest BCUT2D eigenvalue weighted by atomic mass is 9.95. The van der Waals surface area contributed by atoms with Crippen LogP contribution in [0.2, 0.25) is 0 Å². The maximum absolute atomic E-state index is 11.2. The molecule has 7 heteroatoms. The number of ether oxygens (including phenoxy) is 1. The number of halogens is 1. The molecule has 1 amide bonds. The zero-order chi connectivity index (χ0) is 17.2. The molecule has 0 aromatic carbocycles. The summed E-state index contributed by atoms with van der Waals surface area (Å²) in [5.74, 6) is 1.12. The normalized spacial score (nSPS) is 21.9. The molecule has 1 atom stereocenters. The second-order valence-corrected chi connectivity index (χ2v) is 6.99. The van der Waals surface area contributed by atoms with Gasteiger partial charge in [-0.3, -0.25) is 9.79 Å². The van der Waals surface area contributed by atoms with E-state index in [1.165, 1.54) is 25.7 Å². The van der Waals surface area contributed by atoms with Crippen LogP contribution < -0.4 is 11.1 Å². The highest BCUT2D eigenvalue weighted by Gasteiger charge is 2.23. The van der Waals surface area contributed by atoms with Crippen molar-refractivity contribution in [2.24, 2.45) is 16.6 Å². The summed E-state index contributed by atoms with van der Waals surface area (Å²) >= 11 is 0. The Hall–Kier alpha value is -0.570. The van der Waals surface area contributed by atoms with Crippen LogP contribution in [-0.4, -0.2) is 55.7 Å². The number of primary amides is 1. The smallest absolute Gasteiger partial charge is 0.217 e. The second kappa shape index (κ2) is 12.7. The molecule has 0 aromatic rings. The average molecular weight is 466 g/mol. The fourth-order valence-corrected chi connectivity index (χ4v) is 3.69. The molecule has 2 aliphatic rings. The number of amides is 1. The Morgan fingerprint density at radius 2 is 2.04 bits per heavy atom. The number of hydrogen-bond acceptors (Lipinski definition) is 3. The van der Waals surface area contributed by atoms with E-state index in [1.807, 2.05) is 0 Å². The third-order valence-corrected chi connectivity index (χ3v) is 4.86. The van der Waals surface area contributed by atoms with Crippen molar-refractivity contribution in [1.82, 2.24) is 10.2 Å². The number of piperidine rings is 1. The van der Waals surface area contributed by atoms with E-state index in [4.69, 9.17) is 15.5 Å². The highest BCUT2D eigenvalue weighted by molar-refractivity contribution is 14.0. The third kappa shape index (κ3) is 8.57. The molecule has 0 aromatic heterocycles. The molecule has 1 heterocycles. The van der Waals surface area contributed by atoms with Crippen molar-refractivity contribution in [3.05, 3.63) is 0 Å². The monoisotopic (exact) mass is 466 g/mol. The Bertz CT molecular complexity index is 414. The second-order valence-electron chi connectivity index (χ2n) is 6.99. The van der Waals surface area contributed by atoms with Gasteiger partial charge in [0.15, 0.2) is 5.96 Å². The molecule has 0 spiro atoms. The molecule has 2 fully saturated rings. The van der Waals surface area contributed by atoms with Crippen molar-refractivity contribution in [2.75, 3.05) is 32.8 Å². The van der Waals surface area contributed by atoms with Gasteiger partial charge < -0.3 is 20.7 Å². The predicted octanol–water partition coefficient (Wildman–Crippen LogP) is 2.51. The number of nitrogens with two attached hydrogens (primary N) is 1. The van der Waals surface area contributed by atoms with E-state index in [2.05, 4.69) is 17.1 Å². The number of carbonyl (C=O) groups is 1. The van der Waals surface area contributed by atoms with E-state index in [0.717, 1.165) is 58.0 Å². The Morgan fingerprint density at radius 1 is 1.28 bits per heavy atom. The van der Waals surface area contributed by atoms with Crippen LogP contribution in [0.25, 0.3) is 0 Å². The Kier molecular flexibility index (Phi) is 11.4. The molecular formula is C18H35IN4O2. The van der Waals surface area contributed by atoms with Gasteiger partial charge in [-0.05, 0) is 44.9 Å². The van der Waals surface area contributed by atoms with Crippen LogP contribution in [0.3, 0.4) is 0 Å². The van der Waals surface area contributed by atoms with Gasteiger partial charge in [-0.1, -0.05) is 12.8 Å². The van der Waals surface area contributed by atoms with Crippen LogP contribution in [0.15, 0.2) is 4.99 Å². The standard InChI is InChI=1S/C18H34N4O2.HI/c1-2-20-18(21-10-6-12-24-16-8-3-4-9-16)22-11-5-7-15(14-22)13-17(19)23;/h15-16H,2-14H2,1H3,(H2,19,23)(H,20,21);1H. The van der Waals surface area contributed by atoms with E-state index in [9.17, 15) is 4.79 Å². The summed E-state index contributed by atoms with van der Waals surface area (Å²) < 4.78 is 5.90. The first-order chi connectivity index (χ1) is 11.7. The predicted molar refractivity (Wildman–Crippen MR) is 112 cm³/mol. The summed E-state index contributed by atoms with van der Waals surface area (Å²) in [5, 5.41) is 3.38. The summed E-state index contributed by atoms with van der Waals surface area (Å²) in [7, 11) is 0. The van der Waals surface area contributed by atoms with Gasteiger partial charge in [0.25, 0.3) is 0 Å². The number of aliphatic imine (C=N–C) groups is 1. The van der Waals surface area contributed by atoms with Crippen LogP contribution in [0, 0.1) is 5.92 Å². The van der Waals surface area contributed by atoms with Gasteiger partial charge in [-0.25, -0.2) is 0 Å². The fourth-order valence-electron chi connectivity index (χ4n) is 3.69. The van der Waals surface area contributed by atoms with Crippen LogP contribution in [0.4, 0.5) is 0 Å². The quantitative estimate of drug-likeness (QED) is 0.249. The lowest BCUT2D eigenvalue weighted by Gasteiger charge is -2.34. The van der Waals surface area contributed by atoms with E-state index in [0.29, 0.717) is 18.4 Å². The number of guanidine groups is 1. The molecule has 1 saturated heterocycles. The van der Waals surface area contributed by atoms with E-state index >= 15 is 0 Å². The van der Waals surface area contributed by atoms with Crippen LogP contribution in [-0.2, 0) is 9.53 Å². The van der Waals surface area contributed by atoms with Crippen molar-refractivity contribution in [3.8, 4) is 0 Å². The van der Waals surface area contributed by atoms with Gasteiger partial charge in [-0.15, -0.1) is 24.0 Å². The fraction of sp³-hybridized carbons (Fsp3) is 0.889. The average Bonchev–Trinajstić information content (AvgIpc) is 3.06. The lowest BCUT2D eigenvalue weighted by molar-refractivity contribution is -0.119. The van der Waals surface area contributed by atoms with Crippen LogP contribution in [0.1, 0.15) is 58.3 Å². The van der Waals surface area contributed by atoms with Gasteiger partial charge in [-0.2, -0.15) is 0 Å². The number of hydrogen-bond donors (Lipinski definition) is 2. The van der Waals surface area contributed by atoms with E-state index in [1.54, 1.807) is 0 Å². The molecule has 1 saturated carbocycles. The maximum atomic E-state index is 11.2. The van der Waals surface area contributed by atoms with Gasteiger partial charge in [0.2, 0.25) is 5.91 Å². The van der Waals surface area contributed by atoms with Crippen molar-refractivity contribution in [3.63, 3.8) is 0 Å². The molecule has 1 unspecified atom stereocenters. The minimum atomic E-state index is -0.201. The van der Waals surface area contributed by atoms with Gasteiger partial charge in [0.05, 0.1) is 6.10 Å². The Balaban J connectivity index is 0.00000312. The van der Waals surface area contributed by atoms with Gasteiger partial charge >= 0.3 is 0 Å². The third-order valence-electron chi connectivity index (χ3n) is 4.86. The zero-order valence-corrected chi connectivity index (χ0v) is 17.9. The van der Waals surface area contributed by atoms with Crippen molar-refractivity contribution >= 4 is 35.8 Å². The highest BCUT2D eigenvalue weighted by Crippen LogP contribution is 2.21. The molecule has 1 aliphatic heterocycles. The van der Waals surface area contributed by atoms with E-state index < -0.39 is 0 Å². The van der Waals surface area contributed by atoms with Crippen molar-refractivity contribution in [1.29, 1.82) is 0 Å². The minimum Gasteiger partial charge on any atom is -0.378 e. The minimum absolute atomic E-state index is 0. The largest absolute Gasteiger partial charge is 0.378 e. The number of nitrogens with zero attached hydrogens (tertiary/aromatic N) is 2. The first-order valence-electron chi connectivity index (χ1n) is 9.62. The molecule has 0 bridgehead atoms. The first-order valence-corrected chi connectivity index (χ1v) is 9.62. The molecule has 25 heavy (non-hydrogen) atoms. The topological polar surface area (TPSA) is 80.0 Å². The van der Waals surface area contributed by atoms with Gasteiger partial charge in [0.1, 0.15) is 0 Å². The summed E-state index contributed by atoms with van der Waals surface area (Å²) in [6, 6.07) is 0. The number of likely N-dealkylation sites (tertiary alicyclic amines) is 1. The van der Waals surface area contributed by atoms with Crippen molar-refractivity contribution < 1.29 is 9.53 Å². The summed E-state index contributed by atoms with van der Waals surface area (Å²) in [6.45, 7) is 6.40. The molecule has 1 aliphatic carbocycles. The first kappa shape index (κ1) is 22.5. The Labute approximate surface area is 169 Å². The van der Waals surface area contributed by atoms with Crippen LogP contribution >= 0.6 is 24.0 Å². The molecule has 6 nitrogen and oxygen atoms in total. The number of rotatable bonds is 8. The molecule has 2 rings (SSSR count). The lowest BCUT2D eigenvalue weighted by Crippen LogP contribution is -2.47. The molecular weight excluding hydrogens is 431 g/mol.